The third kappa shape index (κ3) is 2.59. The van der Waals surface area contributed by atoms with Crippen LogP contribution in [0.2, 0.25) is 0 Å². The summed E-state index contributed by atoms with van der Waals surface area (Å²) >= 11 is 0. The standard InChI is InChI=1S/C19H21N3O2/c1-11(2)17-8-14-15(9-20)18(21)22(19(23)16(14)10-24-17)13-6-4-12(3)5-7-13/h4-7,11,17H,8,10,21H2,1-3H3/t17-/m1/s1. The molecule has 0 saturated carbocycles. The summed E-state index contributed by atoms with van der Waals surface area (Å²) in [5.41, 5.74) is 9.43. The first-order valence-corrected chi connectivity index (χ1v) is 8.09. The lowest BCUT2D eigenvalue weighted by molar-refractivity contribution is -0.00117. The number of hydrogen-bond donors (Lipinski definition) is 1. The second-order valence-electron chi connectivity index (χ2n) is 6.60. The molecule has 0 unspecified atom stereocenters. The molecule has 2 aromatic rings. The van der Waals surface area contributed by atoms with Gasteiger partial charge in [0.1, 0.15) is 11.9 Å². The van der Waals surface area contributed by atoms with E-state index in [1.54, 1.807) is 0 Å². The molecule has 2 heterocycles. The molecule has 1 aromatic carbocycles. The zero-order valence-electron chi connectivity index (χ0n) is 14.2. The Bertz CT molecular complexity index is 873. The van der Waals surface area contributed by atoms with Crippen LogP contribution in [0.15, 0.2) is 29.1 Å². The molecule has 3 rings (SSSR count). The average molecular weight is 323 g/mol. The molecular weight excluding hydrogens is 302 g/mol. The number of aryl methyl sites for hydroxylation is 1. The van der Waals surface area contributed by atoms with Crippen LogP contribution >= 0.6 is 0 Å². The van der Waals surface area contributed by atoms with Crippen molar-refractivity contribution in [2.75, 3.05) is 5.73 Å². The molecule has 0 spiro atoms. The number of aromatic nitrogens is 1. The Kier molecular flexibility index (Phi) is 4.16. The first-order valence-electron chi connectivity index (χ1n) is 8.09. The van der Waals surface area contributed by atoms with Gasteiger partial charge in [-0.3, -0.25) is 9.36 Å². The molecule has 1 aliphatic heterocycles. The highest BCUT2D eigenvalue weighted by atomic mass is 16.5. The summed E-state index contributed by atoms with van der Waals surface area (Å²) in [6.45, 7) is 6.33. The zero-order chi connectivity index (χ0) is 17.4. The number of benzene rings is 1. The van der Waals surface area contributed by atoms with Crippen LogP contribution in [0, 0.1) is 24.2 Å². The van der Waals surface area contributed by atoms with Gasteiger partial charge in [-0.15, -0.1) is 0 Å². The SMILES string of the molecule is Cc1ccc(-n2c(N)c(C#N)c3c(c2=O)CO[C@@H](C(C)C)C3)cc1. The van der Waals surface area contributed by atoms with E-state index in [4.69, 9.17) is 10.5 Å². The number of rotatable bonds is 2. The molecule has 0 amide bonds. The van der Waals surface area contributed by atoms with Gasteiger partial charge < -0.3 is 10.5 Å². The second-order valence-corrected chi connectivity index (χ2v) is 6.60. The smallest absolute Gasteiger partial charge is 0.262 e. The molecule has 24 heavy (non-hydrogen) atoms. The summed E-state index contributed by atoms with van der Waals surface area (Å²) in [6.07, 6.45) is 0.544. The highest BCUT2D eigenvalue weighted by molar-refractivity contribution is 5.60. The van der Waals surface area contributed by atoms with Gasteiger partial charge in [-0.05, 0) is 30.5 Å². The van der Waals surface area contributed by atoms with E-state index in [9.17, 15) is 10.1 Å². The number of hydrogen-bond acceptors (Lipinski definition) is 4. The topological polar surface area (TPSA) is 81.0 Å². The van der Waals surface area contributed by atoms with E-state index in [-0.39, 0.29) is 24.1 Å². The minimum atomic E-state index is -0.201. The Morgan fingerprint density at radius 3 is 2.54 bits per heavy atom. The van der Waals surface area contributed by atoms with Gasteiger partial charge in [-0.25, -0.2) is 0 Å². The Morgan fingerprint density at radius 2 is 1.96 bits per heavy atom. The van der Waals surface area contributed by atoms with Crippen molar-refractivity contribution in [3.8, 4) is 11.8 Å². The van der Waals surface area contributed by atoms with Crippen LogP contribution < -0.4 is 11.3 Å². The molecule has 1 aliphatic rings. The van der Waals surface area contributed by atoms with E-state index < -0.39 is 0 Å². The van der Waals surface area contributed by atoms with Gasteiger partial charge in [0.2, 0.25) is 0 Å². The lowest BCUT2D eigenvalue weighted by Gasteiger charge is -2.29. The van der Waals surface area contributed by atoms with Crippen LogP contribution in [0.25, 0.3) is 5.69 Å². The maximum atomic E-state index is 13.0. The summed E-state index contributed by atoms with van der Waals surface area (Å²) in [5, 5.41) is 9.62. The van der Waals surface area contributed by atoms with E-state index >= 15 is 0 Å². The number of ether oxygens (including phenoxy) is 1. The van der Waals surface area contributed by atoms with Crippen LogP contribution in [0.4, 0.5) is 5.82 Å². The number of nitrogens with two attached hydrogens (primary N) is 1. The van der Waals surface area contributed by atoms with Gasteiger partial charge >= 0.3 is 0 Å². The van der Waals surface area contributed by atoms with Crippen molar-refractivity contribution in [3.05, 3.63) is 56.9 Å². The minimum absolute atomic E-state index is 0.00127. The van der Waals surface area contributed by atoms with Gasteiger partial charge in [0.05, 0.1) is 24.0 Å². The van der Waals surface area contributed by atoms with Crippen molar-refractivity contribution in [2.24, 2.45) is 5.92 Å². The molecular formula is C19H21N3O2. The van der Waals surface area contributed by atoms with Crippen LogP contribution in [0.5, 0.6) is 0 Å². The summed E-state index contributed by atoms with van der Waals surface area (Å²) < 4.78 is 7.25. The number of nitrogen functional groups attached to an aromatic ring is 1. The number of nitriles is 1. The third-order valence-electron chi connectivity index (χ3n) is 4.62. The maximum Gasteiger partial charge on any atom is 0.262 e. The van der Waals surface area contributed by atoms with Crippen LogP contribution in [-0.2, 0) is 17.8 Å². The summed E-state index contributed by atoms with van der Waals surface area (Å²) in [6, 6.07) is 9.69. The predicted molar refractivity (Wildman–Crippen MR) is 93.0 cm³/mol. The van der Waals surface area contributed by atoms with E-state index in [0.717, 1.165) is 11.1 Å². The lowest BCUT2D eigenvalue weighted by Crippen LogP contribution is -2.36. The van der Waals surface area contributed by atoms with E-state index in [0.29, 0.717) is 29.2 Å². The molecule has 0 bridgehead atoms. The first kappa shape index (κ1) is 16.3. The molecule has 2 N–H and O–H groups in total. The zero-order valence-corrected chi connectivity index (χ0v) is 14.2. The first-order chi connectivity index (χ1) is 11.4. The normalized spacial score (nSPS) is 16.7. The van der Waals surface area contributed by atoms with Crippen LogP contribution in [-0.4, -0.2) is 10.7 Å². The number of anilines is 1. The summed E-state index contributed by atoms with van der Waals surface area (Å²) in [4.78, 5) is 13.0. The Hall–Kier alpha value is -2.58. The molecule has 0 saturated heterocycles. The third-order valence-corrected chi connectivity index (χ3v) is 4.62. The van der Waals surface area contributed by atoms with Crippen LogP contribution in [0.3, 0.4) is 0 Å². The summed E-state index contributed by atoms with van der Waals surface area (Å²) in [7, 11) is 0. The van der Waals surface area contributed by atoms with Gasteiger partial charge in [0.25, 0.3) is 5.56 Å². The molecule has 124 valence electrons. The number of fused-ring (bicyclic) bond motifs is 1. The highest BCUT2D eigenvalue weighted by Crippen LogP contribution is 2.29. The Morgan fingerprint density at radius 1 is 1.29 bits per heavy atom. The van der Waals surface area contributed by atoms with E-state index in [2.05, 4.69) is 19.9 Å². The van der Waals surface area contributed by atoms with E-state index in [1.807, 2.05) is 31.2 Å². The van der Waals surface area contributed by atoms with Gasteiger partial charge in [-0.1, -0.05) is 31.5 Å². The fraction of sp³-hybridized carbons (Fsp3) is 0.368. The lowest BCUT2D eigenvalue weighted by atomic mass is 9.91. The largest absolute Gasteiger partial charge is 0.384 e. The Labute approximate surface area is 141 Å². The van der Waals surface area contributed by atoms with Gasteiger partial charge in [0.15, 0.2) is 0 Å². The molecule has 1 atom stereocenters. The van der Waals surface area contributed by atoms with Crippen molar-refractivity contribution in [3.63, 3.8) is 0 Å². The fourth-order valence-electron chi connectivity index (χ4n) is 3.12. The molecule has 5 nitrogen and oxygen atoms in total. The molecule has 1 aromatic heterocycles. The molecule has 0 fully saturated rings. The summed E-state index contributed by atoms with van der Waals surface area (Å²) in [5.74, 6) is 0.514. The van der Waals surface area contributed by atoms with Crippen molar-refractivity contribution in [1.82, 2.24) is 4.57 Å². The monoisotopic (exact) mass is 323 g/mol. The van der Waals surface area contributed by atoms with Crippen LogP contribution in [0.1, 0.15) is 36.1 Å². The maximum absolute atomic E-state index is 13.0. The Balaban J connectivity index is 2.23. The predicted octanol–water partition coefficient (Wildman–Crippen LogP) is 2.70. The molecule has 0 radical (unpaired) electrons. The van der Waals surface area contributed by atoms with Crippen molar-refractivity contribution in [2.45, 2.75) is 39.9 Å². The quantitative estimate of drug-likeness (QED) is 0.921. The minimum Gasteiger partial charge on any atom is -0.384 e. The molecule has 0 aliphatic carbocycles. The van der Waals surface area contributed by atoms with Crippen molar-refractivity contribution in [1.29, 1.82) is 5.26 Å². The molecule has 5 heteroatoms. The second kappa shape index (κ2) is 6.14. The fourth-order valence-corrected chi connectivity index (χ4v) is 3.12. The van der Waals surface area contributed by atoms with Gasteiger partial charge in [0, 0.05) is 12.0 Å². The van der Waals surface area contributed by atoms with Crippen molar-refractivity contribution < 1.29 is 4.74 Å². The van der Waals surface area contributed by atoms with Crippen molar-refractivity contribution >= 4 is 5.82 Å². The van der Waals surface area contributed by atoms with E-state index in [1.165, 1.54) is 4.57 Å². The highest BCUT2D eigenvalue weighted by Gasteiger charge is 2.29. The number of pyridine rings is 1. The number of nitrogens with zero attached hydrogens (tertiary/aromatic N) is 2. The average Bonchev–Trinajstić information content (AvgIpc) is 2.56. The van der Waals surface area contributed by atoms with Gasteiger partial charge in [-0.2, -0.15) is 5.26 Å².